The number of aromatic hydroxyl groups is 1. The predicted octanol–water partition coefficient (Wildman–Crippen LogP) is 4.93. The van der Waals surface area contributed by atoms with E-state index in [0.717, 1.165) is 23.5 Å². The van der Waals surface area contributed by atoms with Crippen LogP contribution in [0.4, 0.5) is 0 Å². The molecule has 0 aliphatic heterocycles. The average Bonchev–Trinajstić information content (AvgIpc) is 2.25. The summed E-state index contributed by atoms with van der Waals surface area (Å²) >= 11 is 0. The van der Waals surface area contributed by atoms with Gasteiger partial charge in [0.2, 0.25) is 0 Å². The summed E-state index contributed by atoms with van der Waals surface area (Å²) in [6, 6.07) is 7.39. The Morgan fingerprint density at radius 2 is 2.06 bits per heavy atom. The van der Waals surface area contributed by atoms with Crippen molar-refractivity contribution in [2.75, 3.05) is 0 Å². The van der Waals surface area contributed by atoms with Crippen molar-refractivity contribution < 1.29 is 5.11 Å². The Kier molecular flexibility index (Phi) is 3.90. The lowest BCUT2D eigenvalue weighted by atomic mass is 9.75. The summed E-state index contributed by atoms with van der Waals surface area (Å²) in [6.45, 7) is 8.58. The van der Waals surface area contributed by atoms with Gasteiger partial charge in [-0.05, 0) is 62.3 Å². The van der Waals surface area contributed by atoms with E-state index in [4.69, 9.17) is 0 Å². The molecule has 1 aromatic carbocycles. The van der Waals surface area contributed by atoms with E-state index in [0.29, 0.717) is 5.75 Å². The molecule has 0 atom stereocenters. The van der Waals surface area contributed by atoms with Crippen LogP contribution in [0.5, 0.6) is 5.75 Å². The lowest BCUT2D eigenvalue weighted by molar-refractivity contribution is 0.361. The minimum atomic E-state index is 0.316. The van der Waals surface area contributed by atoms with Gasteiger partial charge in [-0.3, -0.25) is 0 Å². The van der Waals surface area contributed by atoms with E-state index in [-0.39, 0.29) is 0 Å². The quantitative estimate of drug-likeness (QED) is 0.742. The average molecular weight is 242 g/mol. The van der Waals surface area contributed by atoms with Gasteiger partial charge < -0.3 is 5.11 Å². The Morgan fingerprint density at radius 1 is 1.33 bits per heavy atom. The third-order valence-corrected chi connectivity index (χ3v) is 3.90. The first-order valence-electron chi connectivity index (χ1n) is 6.71. The monoisotopic (exact) mass is 242 g/mol. The molecular formula is C17H22O. The van der Waals surface area contributed by atoms with Gasteiger partial charge in [0.05, 0.1) is 0 Å². The summed E-state index contributed by atoms with van der Waals surface area (Å²) in [5, 5.41) is 9.52. The van der Waals surface area contributed by atoms with E-state index in [1.807, 2.05) is 12.1 Å². The van der Waals surface area contributed by atoms with Crippen molar-refractivity contribution in [3.8, 4) is 5.75 Å². The molecule has 1 fully saturated rings. The highest BCUT2D eigenvalue weighted by Crippen LogP contribution is 2.39. The van der Waals surface area contributed by atoms with Crippen molar-refractivity contribution in [2.45, 2.75) is 39.5 Å². The summed E-state index contributed by atoms with van der Waals surface area (Å²) in [5.41, 5.74) is 5.14. The van der Waals surface area contributed by atoms with Gasteiger partial charge in [0.25, 0.3) is 0 Å². The molecule has 1 aliphatic rings. The molecule has 0 unspecified atom stereocenters. The second kappa shape index (κ2) is 5.43. The van der Waals surface area contributed by atoms with E-state index in [1.54, 1.807) is 17.7 Å². The number of hydrogen-bond donors (Lipinski definition) is 1. The smallest absolute Gasteiger partial charge is 0.116 e. The third-order valence-electron chi connectivity index (χ3n) is 3.90. The van der Waals surface area contributed by atoms with E-state index in [2.05, 4.69) is 20.4 Å². The topological polar surface area (TPSA) is 20.2 Å². The number of benzene rings is 1. The minimum Gasteiger partial charge on any atom is -0.508 e. The molecule has 1 heteroatoms. The van der Waals surface area contributed by atoms with Crippen molar-refractivity contribution >= 4 is 5.57 Å². The van der Waals surface area contributed by atoms with Gasteiger partial charge in [-0.25, -0.2) is 0 Å². The summed E-state index contributed by atoms with van der Waals surface area (Å²) in [7, 11) is 0. The second-order valence-corrected chi connectivity index (χ2v) is 5.48. The van der Waals surface area contributed by atoms with Crippen molar-refractivity contribution in [3.63, 3.8) is 0 Å². The molecule has 96 valence electrons. The zero-order chi connectivity index (χ0) is 13.1. The van der Waals surface area contributed by atoms with Crippen LogP contribution in [0.3, 0.4) is 0 Å². The molecule has 1 saturated carbocycles. The van der Waals surface area contributed by atoms with Crippen molar-refractivity contribution in [1.82, 2.24) is 0 Å². The maximum atomic E-state index is 9.52. The Balaban J connectivity index is 2.12. The fourth-order valence-electron chi connectivity index (χ4n) is 2.54. The molecule has 1 nitrogen and oxygen atoms in total. The summed E-state index contributed by atoms with van der Waals surface area (Å²) in [6.07, 6.45) is 4.96. The number of rotatable bonds is 4. The van der Waals surface area contributed by atoms with Gasteiger partial charge in [-0.1, -0.05) is 36.3 Å². The first-order chi connectivity index (χ1) is 8.58. The molecule has 0 saturated heterocycles. The molecule has 0 bridgehead atoms. The fourth-order valence-corrected chi connectivity index (χ4v) is 2.54. The lowest BCUT2D eigenvalue weighted by Gasteiger charge is -2.30. The third kappa shape index (κ3) is 2.84. The molecule has 2 rings (SSSR count). The lowest BCUT2D eigenvalue weighted by Crippen LogP contribution is -2.15. The molecule has 1 aromatic rings. The number of hydrogen-bond acceptors (Lipinski definition) is 1. The molecule has 0 aromatic heterocycles. The largest absolute Gasteiger partial charge is 0.508 e. The first kappa shape index (κ1) is 12.9. The number of phenols is 1. The minimum absolute atomic E-state index is 0.316. The van der Waals surface area contributed by atoms with Gasteiger partial charge >= 0.3 is 0 Å². The van der Waals surface area contributed by atoms with Crippen LogP contribution >= 0.6 is 0 Å². The van der Waals surface area contributed by atoms with E-state index in [9.17, 15) is 5.11 Å². The van der Waals surface area contributed by atoms with Gasteiger partial charge in [-0.15, -0.1) is 0 Å². The van der Waals surface area contributed by atoms with Crippen molar-refractivity contribution in [2.24, 2.45) is 5.92 Å². The molecule has 1 aliphatic carbocycles. The number of allylic oxidation sites excluding steroid dienone is 3. The van der Waals surface area contributed by atoms with E-state index in [1.165, 1.54) is 24.8 Å². The van der Waals surface area contributed by atoms with Crippen LogP contribution in [0, 0.1) is 5.92 Å². The van der Waals surface area contributed by atoms with Crippen LogP contribution in [0.2, 0.25) is 0 Å². The predicted molar refractivity (Wildman–Crippen MR) is 77.5 cm³/mol. The van der Waals surface area contributed by atoms with Crippen LogP contribution in [0.15, 0.2) is 42.0 Å². The molecule has 18 heavy (non-hydrogen) atoms. The fraction of sp³-hybridized carbons (Fsp3) is 0.412. The van der Waals surface area contributed by atoms with Gasteiger partial charge in [0, 0.05) is 0 Å². The van der Waals surface area contributed by atoms with E-state index < -0.39 is 0 Å². The summed E-state index contributed by atoms with van der Waals surface area (Å²) in [5.74, 6) is 1.08. The highest BCUT2D eigenvalue weighted by atomic mass is 16.3. The molecule has 0 amide bonds. The Bertz CT molecular complexity index is 474. The Hall–Kier alpha value is -1.50. The summed E-state index contributed by atoms with van der Waals surface area (Å²) < 4.78 is 0. The first-order valence-corrected chi connectivity index (χ1v) is 6.71. The SMILES string of the molecule is C=C(CC(=C(C)C)C1CCC1)c1cccc(O)c1. The Labute approximate surface area is 110 Å². The molecule has 0 radical (unpaired) electrons. The zero-order valence-corrected chi connectivity index (χ0v) is 11.4. The standard InChI is InChI=1S/C17H22O/c1-12(2)17(14-6-4-7-14)10-13(3)15-8-5-9-16(18)11-15/h5,8-9,11,14,18H,3-4,6-7,10H2,1-2H3. The van der Waals surface area contributed by atoms with Gasteiger partial charge in [-0.2, -0.15) is 0 Å². The van der Waals surface area contributed by atoms with Crippen LogP contribution in [-0.4, -0.2) is 5.11 Å². The Morgan fingerprint density at radius 3 is 2.56 bits per heavy atom. The molecule has 0 heterocycles. The molecule has 1 N–H and O–H groups in total. The van der Waals surface area contributed by atoms with Crippen LogP contribution in [0.25, 0.3) is 5.57 Å². The maximum Gasteiger partial charge on any atom is 0.116 e. The highest BCUT2D eigenvalue weighted by molar-refractivity contribution is 5.66. The molecular weight excluding hydrogens is 220 g/mol. The summed E-state index contributed by atoms with van der Waals surface area (Å²) in [4.78, 5) is 0. The maximum absolute atomic E-state index is 9.52. The van der Waals surface area contributed by atoms with Crippen LogP contribution in [0.1, 0.15) is 45.1 Å². The zero-order valence-electron chi connectivity index (χ0n) is 11.4. The van der Waals surface area contributed by atoms with Crippen molar-refractivity contribution in [3.05, 3.63) is 47.6 Å². The van der Waals surface area contributed by atoms with Crippen LogP contribution in [-0.2, 0) is 0 Å². The van der Waals surface area contributed by atoms with Crippen LogP contribution < -0.4 is 0 Å². The highest BCUT2D eigenvalue weighted by Gasteiger charge is 2.23. The number of phenolic OH excluding ortho intramolecular Hbond substituents is 1. The molecule has 0 spiro atoms. The normalized spacial score (nSPS) is 15.0. The van der Waals surface area contributed by atoms with Crippen molar-refractivity contribution in [1.29, 1.82) is 0 Å². The van der Waals surface area contributed by atoms with Gasteiger partial charge in [0.1, 0.15) is 5.75 Å². The second-order valence-electron chi connectivity index (χ2n) is 5.48. The van der Waals surface area contributed by atoms with E-state index >= 15 is 0 Å². The van der Waals surface area contributed by atoms with Gasteiger partial charge in [0.15, 0.2) is 0 Å².